The van der Waals surface area contributed by atoms with Crippen molar-refractivity contribution in [3.63, 3.8) is 0 Å². The van der Waals surface area contributed by atoms with Crippen LogP contribution in [0.15, 0.2) is 11.0 Å². The van der Waals surface area contributed by atoms with Gasteiger partial charge in [0.05, 0.1) is 5.84 Å². The number of rotatable bonds is 3. The Balaban J connectivity index is 3.22. The summed E-state index contributed by atoms with van der Waals surface area (Å²) in [6, 6.07) is 0. The molecule has 0 amide bonds. The van der Waals surface area contributed by atoms with Crippen LogP contribution in [-0.2, 0) is 13.0 Å². The third-order valence-corrected chi connectivity index (χ3v) is 2.01. The standard InChI is InChI=1S/C9H14N4O/c1-3-13-6(2)12-5-7(9(13)14)4-8(10)11/h5H,3-4H2,1-2H3,(H3,10,11). The summed E-state index contributed by atoms with van der Waals surface area (Å²) in [7, 11) is 0. The van der Waals surface area contributed by atoms with Crippen molar-refractivity contribution in [2.45, 2.75) is 26.8 Å². The average Bonchev–Trinajstić information content (AvgIpc) is 2.10. The number of hydrogen-bond donors (Lipinski definition) is 2. The quantitative estimate of drug-likeness (QED) is 0.526. The van der Waals surface area contributed by atoms with E-state index in [0.717, 1.165) is 0 Å². The number of hydrogen-bond acceptors (Lipinski definition) is 3. The van der Waals surface area contributed by atoms with Gasteiger partial charge in [-0.3, -0.25) is 14.8 Å². The SMILES string of the molecule is CCn1c(C)ncc(CC(=N)N)c1=O. The highest BCUT2D eigenvalue weighted by atomic mass is 16.1. The first-order valence-corrected chi connectivity index (χ1v) is 4.44. The van der Waals surface area contributed by atoms with Gasteiger partial charge in [-0.1, -0.05) is 0 Å². The molecule has 0 aromatic carbocycles. The minimum atomic E-state index is -0.102. The Bertz CT molecular complexity index is 408. The first-order valence-electron chi connectivity index (χ1n) is 4.44. The van der Waals surface area contributed by atoms with E-state index in [1.807, 2.05) is 6.92 Å². The van der Waals surface area contributed by atoms with Crippen molar-refractivity contribution >= 4 is 5.84 Å². The van der Waals surface area contributed by atoms with Crippen LogP contribution in [0.5, 0.6) is 0 Å². The highest BCUT2D eigenvalue weighted by Gasteiger charge is 2.06. The molecule has 0 spiro atoms. The number of aryl methyl sites for hydroxylation is 1. The lowest BCUT2D eigenvalue weighted by Crippen LogP contribution is -2.28. The van der Waals surface area contributed by atoms with Gasteiger partial charge in [0.25, 0.3) is 5.56 Å². The molecule has 0 bridgehead atoms. The van der Waals surface area contributed by atoms with Crippen molar-refractivity contribution < 1.29 is 0 Å². The number of aromatic nitrogens is 2. The van der Waals surface area contributed by atoms with Crippen LogP contribution >= 0.6 is 0 Å². The van der Waals surface area contributed by atoms with E-state index in [0.29, 0.717) is 17.9 Å². The van der Waals surface area contributed by atoms with Crippen molar-refractivity contribution in [3.05, 3.63) is 27.9 Å². The zero-order valence-corrected chi connectivity index (χ0v) is 8.37. The summed E-state index contributed by atoms with van der Waals surface area (Å²) in [5.41, 5.74) is 5.61. The van der Waals surface area contributed by atoms with E-state index < -0.39 is 0 Å². The van der Waals surface area contributed by atoms with Gasteiger partial charge in [0.15, 0.2) is 0 Å². The second-order valence-electron chi connectivity index (χ2n) is 3.08. The molecule has 0 saturated carbocycles. The summed E-state index contributed by atoms with van der Waals surface area (Å²) in [6.07, 6.45) is 1.66. The van der Waals surface area contributed by atoms with E-state index in [9.17, 15) is 4.79 Å². The molecule has 0 fully saturated rings. The summed E-state index contributed by atoms with van der Waals surface area (Å²) < 4.78 is 1.57. The highest BCUT2D eigenvalue weighted by Crippen LogP contribution is 1.94. The van der Waals surface area contributed by atoms with E-state index in [2.05, 4.69) is 4.98 Å². The predicted molar refractivity (Wildman–Crippen MR) is 54.5 cm³/mol. The molecular weight excluding hydrogens is 180 g/mol. The maximum absolute atomic E-state index is 11.7. The maximum atomic E-state index is 11.7. The Kier molecular flexibility index (Phi) is 3.01. The van der Waals surface area contributed by atoms with Crippen molar-refractivity contribution in [1.29, 1.82) is 5.41 Å². The van der Waals surface area contributed by atoms with Gasteiger partial charge >= 0.3 is 0 Å². The van der Waals surface area contributed by atoms with Crippen LogP contribution in [0.4, 0.5) is 0 Å². The Hall–Kier alpha value is -1.65. The fraction of sp³-hybridized carbons (Fsp3) is 0.444. The van der Waals surface area contributed by atoms with Gasteiger partial charge in [-0.15, -0.1) is 0 Å². The number of nitrogens with two attached hydrogens (primary N) is 1. The minimum Gasteiger partial charge on any atom is -0.387 e. The fourth-order valence-corrected chi connectivity index (χ4v) is 1.32. The van der Waals surface area contributed by atoms with Gasteiger partial charge in [-0.2, -0.15) is 0 Å². The second kappa shape index (κ2) is 4.04. The predicted octanol–water partition coefficient (Wildman–Crippen LogP) is 0.0501. The molecule has 0 aliphatic carbocycles. The summed E-state index contributed by atoms with van der Waals surface area (Å²) in [4.78, 5) is 15.8. The molecule has 0 unspecified atom stereocenters. The van der Waals surface area contributed by atoms with Crippen molar-refractivity contribution in [1.82, 2.24) is 9.55 Å². The van der Waals surface area contributed by atoms with E-state index in [1.54, 1.807) is 11.5 Å². The molecule has 0 aliphatic rings. The Morgan fingerprint density at radius 3 is 2.86 bits per heavy atom. The number of nitrogens with one attached hydrogen (secondary N) is 1. The van der Waals surface area contributed by atoms with Crippen LogP contribution in [0.25, 0.3) is 0 Å². The van der Waals surface area contributed by atoms with Crippen LogP contribution < -0.4 is 11.3 Å². The molecule has 5 nitrogen and oxygen atoms in total. The number of amidine groups is 1. The summed E-state index contributed by atoms with van der Waals surface area (Å²) in [5.74, 6) is 0.667. The molecule has 3 N–H and O–H groups in total. The zero-order chi connectivity index (χ0) is 10.7. The Morgan fingerprint density at radius 2 is 2.36 bits per heavy atom. The van der Waals surface area contributed by atoms with Gasteiger partial charge < -0.3 is 5.73 Å². The Labute approximate surface area is 82.1 Å². The highest BCUT2D eigenvalue weighted by molar-refractivity contribution is 5.79. The van der Waals surface area contributed by atoms with Crippen LogP contribution in [0.2, 0.25) is 0 Å². The smallest absolute Gasteiger partial charge is 0.257 e. The second-order valence-corrected chi connectivity index (χ2v) is 3.08. The zero-order valence-electron chi connectivity index (χ0n) is 8.37. The molecule has 1 rings (SSSR count). The lowest BCUT2D eigenvalue weighted by atomic mass is 10.2. The average molecular weight is 194 g/mol. The van der Waals surface area contributed by atoms with E-state index in [4.69, 9.17) is 11.1 Å². The molecule has 14 heavy (non-hydrogen) atoms. The molecule has 1 aromatic heterocycles. The molecule has 0 atom stereocenters. The van der Waals surface area contributed by atoms with E-state index >= 15 is 0 Å². The molecule has 0 radical (unpaired) electrons. The largest absolute Gasteiger partial charge is 0.387 e. The molecular formula is C9H14N4O. The summed E-state index contributed by atoms with van der Waals surface area (Å²) >= 11 is 0. The summed E-state index contributed by atoms with van der Waals surface area (Å²) in [6.45, 7) is 4.25. The third kappa shape index (κ3) is 1.99. The van der Waals surface area contributed by atoms with Crippen LogP contribution in [0.1, 0.15) is 18.3 Å². The summed E-state index contributed by atoms with van der Waals surface area (Å²) in [5, 5.41) is 7.11. The van der Waals surface area contributed by atoms with Gasteiger partial charge in [-0.05, 0) is 13.8 Å². The molecule has 5 heteroatoms. The molecule has 1 aromatic rings. The molecule has 76 valence electrons. The van der Waals surface area contributed by atoms with Crippen molar-refractivity contribution in [2.75, 3.05) is 0 Å². The van der Waals surface area contributed by atoms with E-state index in [-0.39, 0.29) is 17.8 Å². The van der Waals surface area contributed by atoms with Gasteiger partial charge in [-0.25, -0.2) is 4.98 Å². The van der Waals surface area contributed by atoms with Crippen molar-refractivity contribution in [2.24, 2.45) is 5.73 Å². The molecule has 0 aliphatic heterocycles. The van der Waals surface area contributed by atoms with Crippen LogP contribution in [-0.4, -0.2) is 15.4 Å². The van der Waals surface area contributed by atoms with Gasteiger partial charge in [0, 0.05) is 24.7 Å². The topological polar surface area (TPSA) is 84.8 Å². The van der Waals surface area contributed by atoms with E-state index in [1.165, 1.54) is 6.20 Å². The normalized spacial score (nSPS) is 10.1. The Morgan fingerprint density at radius 1 is 1.71 bits per heavy atom. The van der Waals surface area contributed by atoms with Crippen molar-refractivity contribution in [3.8, 4) is 0 Å². The van der Waals surface area contributed by atoms with Crippen LogP contribution in [0, 0.1) is 12.3 Å². The first kappa shape index (κ1) is 10.4. The monoisotopic (exact) mass is 194 g/mol. The minimum absolute atomic E-state index is 0.0181. The van der Waals surface area contributed by atoms with Crippen LogP contribution in [0.3, 0.4) is 0 Å². The van der Waals surface area contributed by atoms with Gasteiger partial charge in [0.1, 0.15) is 5.82 Å². The molecule has 0 saturated heterocycles. The third-order valence-electron chi connectivity index (χ3n) is 2.01. The van der Waals surface area contributed by atoms with Gasteiger partial charge in [0.2, 0.25) is 0 Å². The molecule has 1 heterocycles. The number of nitrogens with zero attached hydrogens (tertiary/aromatic N) is 2. The first-order chi connectivity index (χ1) is 6.56. The lowest BCUT2D eigenvalue weighted by Gasteiger charge is -2.07. The lowest BCUT2D eigenvalue weighted by molar-refractivity contribution is 0.666. The fourth-order valence-electron chi connectivity index (χ4n) is 1.32. The maximum Gasteiger partial charge on any atom is 0.257 e.